The van der Waals surface area contributed by atoms with E-state index in [1.807, 2.05) is 30.3 Å². The van der Waals surface area contributed by atoms with Crippen molar-refractivity contribution >= 4 is 17.5 Å². The molecule has 0 aliphatic carbocycles. The summed E-state index contributed by atoms with van der Waals surface area (Å²) in [7, 11) is 3.31. The number of amides is 2. The van der Waals surface area contributed by atoms with Crippen LogP contribution in [0.3, 0.4) is 0 Å². The SMILES string of the molecule is CN(C)C(=O)c1cc(-c2ccccc2)nc2c(C(N)=O)ncn12. The largest absolute Gasteiger partial charge is 0.364 e. The van der Waals surface area contributed by atoms with Gasteiger partial charge in [-0.15, -0.1) is 0 Å². The summed E-state index contributed by atoms with van der Waals surface area (Å²) in [6.07, 6.45) is 1.38. The van der Waals surface area contributed by atoms with E-state index in [1.54, 1.807) is 20.2 Å². The number of nitrogens with two attached hydrogens (primary N) is 1. The summed E-state index contributed by atoms with van der Waals surface area (Å²) in [5.74, 6) is -0.906. The molecule has 0 radical (unpaired) electrons. The first-order valence-electron chi connectivity index (χ1n) is 6.94. The van der Waals surface area contributed by atoms with Crippen LogP contribution in [0, 0.1) is 0 Å². The van der Waals surface area contributed by atoms with Crippen LogP contribution in [0.5, 0.6) is 0 Å². The zero-order valence-corrected chi connectivity index (χ0v) is 12.7. The predicted molar refractivity (Wildman–Crippen MR) is 85.0 cm³/mol. The van der Waals surface area contributed by atoms with E-state index in [9.17, 15) is 9.59 Å². The van der Waals surface area contributed by atoms with E-state index >= 15 is 0 Å². The van der Waals surface area contributed by atoms with Gasteiger partial charge in [-0.1, -0.05) is 30.3 Å². The van der Waals surface area contributed by atoms with Crippen molar-refractivity contribution in [2.45, 2.75) is 0 Å². The van der Waals surface area contributed by atoms with Crippen molar-refractivity contribution in [2.24, 2.45) is 5.73 Å². The summed E-state index contributed by atoms with van der Waals surface area (Å²) in [5, 5.41) is 0. The molecule has 3 rings (SSSR count). The van der Waals surface area contributed by atoms with E-state index in [-0.39, 0.29) is 17.2 Å². The van der Waals surface area contributed by atoms with Gasteiger partial charge in [-0.3, -0.25) is 14.0 Å². The Morgan fingerprint density at radius 3 is 2.48 bits per heavy atom. The standard InChI is InChI=1S/C16H15N5O2/c1-20(2)16(23)12-8-11(10-6-4-3-5-7-10)19-15-13(14(17)22)18-9-21(12)15/h3-9H,1-2H3,(H2,17,22). The average Bonchev–Trinajstić information content (AvgIpc) is 2.98. The molecule has 23 heavy (non-hydrogen) atoms. The van der Waals surface area contributed by atoms with Gasteiger partial charge in [-0.25, -0.2) is 9.97 Å². The molecule has 0 bridgehead atoms. The maximum Gasteiger partial charge on any atom is 0.271 e. The van der Waals surface area contributed by atoms with Crippen molar-refractivity contribution in [3.63, 3.8) is 0 Å². The molecule has 116 valence electrons. The van der Waals surface area contributed by atoms with Gasteiger partial charge in [-0.2, -0.15) is 0 Å². The van der Waals surface area contributed by atoms with Gasteiger partial charge in [0.2, 0.25) is 0 Å². The number of aromatic nitrogens is 3. The molecule has 0 unspecified atom stereocenters. The third kappa shape index (κ3) is 2.52. The summed E-state index contributed by atoms with van der Waals surface area (Å²) in [5.41, 5.74) is 7.42. The van der Waals surface area contributed by atoms with Crippen molar-refractivity contribution in [3.05, 3.63) is 54.1 Å². The molecule has 2 aromatic heterocycles. The highest BCUT2D eigenvalue weighted by Gasteiger charge is 2.20. The number of hydrogen-bond acceptors (Lipinski definition) is 4. The lowest BCUT2D eigenvalue weighted by Gasteiger charge is -2.13. The van der Waals surface area contributed by atoms with E-state index in [2.05, 4.69) is 9.97 Å². The molecule has 0 fully saturated rings. The number of rotatable bonds is 3. The second-order valence-corrected chi connectivity index (χ2v) is 5.24. The lowest BCUT2D eigenvalue weighted by Crippen LogP contribution is -2.24. The smallest absolute Gasteiger partial charge is 0.271 e. The van der Waals surface area contributed by atoms with Crippen molar-refractivity contribution in [3.8, 4) is 11.3 Å². The van der Waals surface area contributed by atoms with E-state index < -0.39 is 5.91 Å². The molecule has 7 heteroatoms. The van der Waals surface area contributed by atoms with Gasteiger partial charge in [0.15, 0.2) is 11.3 Å². The van der Waals surface area contributed by atoms with Crippen LogP contribution in [0.1, 0.15) is 21.0 Å². The number of carbonyl (C=O) groups is 2. The van der Waals surface area contributed by atoms with Gasteiger partial charge in [0.1, 0.15) is 12.0 Å². The van der Waals surface area contributed by atoms with E-state index in [0.29, 0.717) is 11.4 Å². The number of imidazole rings is 1. The van der Waals surface area contributed by atoms with E-state index in [1.165, 1.54) is 15.6 Å². The third-order valence-corrected chi connectivity index (χ3v) is 3.43. The van der Waals surface area contributed by atoms with Crippen molar-refractivity contribution in [1.29, 1.82) is 0 Å². The van der Waals surface area contributed by atoms with Crippen LogP contribution in [0.2, 0.25) is 0 Å². The van der Waals surface area contributed by atoms with Crippen LogP contribution in [0.4, 0.5) is 0 Å². The van der Waals surface area contributed by atoms with Crippen molar-refractivity contribution < 1.29 is 9.59 Å². The van der Waals surface area contributed by atoms with Gasteiger partial charge in [0.25, 0.3) is 11.8 Å². The zero-order chi connectivity index (χ0) is 16.6. The number of benzene rings is 1. The first-order valence-corrected chi connectivity index (χ1v) is 6.94. The molecule has 7 nitrogen and oxygen atoms in total. The molecule has 0 aliphatic heterocycles. The van der Waals surface area contributed by atoms with Crippen LogP contribution >= 0.6 is 0 Å². The van der Waals surface area contributed by atoms with Gasteiger partial charge in [0, 0.05) is 19.7 Å². The molecule has 3 aromatic rings. The summed E-state index contributed by atoms with van der Waals surface area (Å²) in [4.78, 5) is 33.9. The summed E-state index contributed by atoms with van der Waals surface area (Å²) in [6.45, 7) is 0. The number of fused-ring (bicyclic) bond motifs is 1. The van der Waals surface area contributed by atoms with Gasteiger partial charge >= 0.3 is 0 Å². The molecule has 0 saturated heterocycles. The predicted octanol–water partition coefficient (Wildman–Crippen LogP) is 1.20. The molecular weight excluding hydrogens is 294 g/mol. The second-order valence-electron chi connectivity index (χ2n) is 5.24. The molecule has 1 aromatic carbocycles. The quantitative estimate of drug-likeness (QED) is 0.786. The Morgan fingerprint density at radius 2 is 1.87 bits per heavy atom. The maximum absolute atomic E-state index is 12.5. The summed E-state index contributed by atoms with van der Waals surface area (Å²) in [6, 6.07) is 11.1. The minimum absolute atomic E-state index is 0.0376. The van der Waals surface area contributed by atoms with Crippen LogP contribution in [0.15, 0.2) is 42.7 Å². The minimum Gasteiger partial charge on any atom is -0.364 e. The van der Waals surface area contributed by atoms with Crippen molar-refractivity contribution in [1.82, 2.24) is 19.3 Å². The Hall–Kier alpha value is -3.22. The highest BCUT2D eigenvalue weighted by atomic mass is 16.2. The molecular formula is C16H15N5O2. The van der Waals surface area contributed by atoms with E-state index in [0.717, 1.165) is 5.56 Å². The third-order valence-electron chi connectivity index (χ3n) is 3.43. The van der Waals surface area contributed by atoms with Crippen LogP contribution in [-0.4, -0.2) is 45.2 Å². The second kappa shape index (κ2) is 5.53. The zero-order valence-electron chi connectivity index (χ0n) is 12.7. The Morgan fingerprint density at radius 1 is 1.17 bits per heavy atom. The highest BCUT2D eigenvalue weighted by molar-refractivity contribution is 5.99. The number of hydrogen-bond donors (Lipinski definition) is 1. The fourth-order valence-electron chi connectivity index (χ4n) is 2.29. The molecule has 0 saturated carbocycles. The molecule has 0 aliphatic rings. The average molecular weight is 309 g/mol. The maximum atomic E-state index is 12.5. The van der Waals surface area contributed by atoms with Gasteiger partial charge < -0.3 is 10.6 Å². The van der Waals surface area contributed by atoms with Crippen molar-refractivity contribution in [2.75, 3.05) is 14.1 Å². The van der Waals surface area contributed by atoms with Crippen LogP contribution < -0.4 is 5.73 Å². The topological polar surface area (TPSA) is 93.6 Å². The normalized spacial score (nSPS) is 10.7. The van der Waals surface area contributed by atoms with Crippen LogP contribution in [-0.2, 0) is 0 Å². The Balaban J connectivity index is 2.32. The first kappa shape index (κ1) is 14.7. The first-order chi connectivity index (χ1) is 11.0. The Kier molecular flexibility index (Phi) is 3.53. The van der Waals surface area contributed by atoms with E-state index in [4.69, 9.17) is 5.73 Å². The fourth-order valence-corrected chi connectivity index (χ4v) is 2.29. The number of nitrogens with zero attached hydrogens (tertiary/aromatic N) is 4. The Bertz CT molecular complexity index is 899. The lowest BCUT2D eigenvalue weighted by atomic mass is 10.1. The summed E-state index contributed by atoms with van der Waals surface area (Å²) >= 11 is 0. The molecule has 2 N–H and O–H groups in total. The number of carbonyl (C=O) groups excluding carboxylic acids is 2. The van der Waals surface area contributed by atoms with Gasteiger partial charge in [-0.05, 0) is 6.07 Å². The van der Waals surface area contributed by atoms with Crippen LogP contribution in [0.25, 0.3) is 16.9 Å². The molecule has 0 atom stereocenters. The molecule has 2 amide bonds. The Labute approximate surface area is 132 Å². The fraction of sp³-hybridized carbons (Fsp3) is 0.125. The van der Waals surface area contributed by atoms with Gasteiger partial charge in [0.05, 0.1) is 5.69 Å². The lowest BCUT2D eigenvalue weighted by molar-refractivity contribution is 0.0820. The highest BCUT2D eigenvalue weighted by Crippen LogP contribution is 2.21. The molecule has 0 spiro atoms. The monoisotopic (exact) mass is 309 g/mol. The minimum atomic E-state index is -0.687. The molecule has 2 heterocycles. The summed E-state index contributed by atoms with van der Waals surface area (Å²) < 4.78 is 1.48. The number of primary amides is 1.